The van der Waals surface area contributed by atoms with Gasteiger partial charge in [0.15, 0.2) is 0 Å². The van der Waals surface area contributed by atoms with Crippen molar-refractivity contribution in [3.8, 4) is 5.88 Å². The summed E-state index contributed by atoms with van der Waals surface area (Å²) < 4.78 is 33.7. The van der Waals surface area contributed by atoms with E-state index >= 15 is 0 Å². The van der Waals surface area contributed by atoms with Crippen LogP contribution >= 0.6 is 15.9 Å². The number of hydrogen-bond donors (Lipinski definition) is 2. The van der Waals surface area contributed by atoms with Gasteiger partial charge in [0.1, 0.15) is 40.2 Å². The second-order valence-electron chi connectivity index (χ2n) is 6.74. The van der Waals surface area contributed by atoms with Crippen LogP contribution in [0.15, 0.2) is 33.7 Å². The average molecular weight is 509 g/mol. The van der Waals surface area contributed by atoms with Crippen molar-refractivity contribution in [3.63, 3.8) is 0 Å². The molecule has 2 heterocycles. The van der Waals surface area contributed by atoms with Crippen molar-refractivity contribution in [1.82, 2.24) is 19.5 Å². The van der Waals surface area contributed by atoms with Crippen molar-refractivity contribution < 1.29 is 18.3 Å². The molecule has 1 amide bonds. The van der Waals surface area contributed by atoms with Crippen LogP contribution in [0.25, 0.3) is 0 Å². The summed E-state index contributed by atoms with van der Waals surface area (Å²) in [5, 5.41) is 2.58. The average Bonchev–Trinajstić information content (AvgIpc) is 2.75. The number of aryl methyl sites for hydroxylation is 2. The molecule has 168 valence electrons. The van der Waals surface area contributed by atoms with Crippen molar-refractivity contribution in [2.75, 3.05) is 11.9 Å². The summed E-state index contributed by atoms with van der Waals surface area (Å²) in [5.41, 5.74) is 5.46. The van der Waals surface area contributed by atoms with Gasteiger partial charge in [-0.1, -0.05) is 0 Å². The highest BCUT2D eigenvalue weighted by Crippen LogP contribution is 2.22. The number of nitrogens with two attached hydrogens (primary N) is 1. The number of benzene rings is 1. The molecular weight excluding hydrogens is 490 g/mol. The van der Waals surface area contributed by atoms with Gasteiger partial charge in [0.25, 0.3) is 5.56 Å². The third-order valence-electron chi connectivity index (χ3n) is 4.41. The van der Waals surface area contributed by atoms with E-state index in [4.69, 9.17) is 10.5 Å². The molecule has 32 heavy (non-hydrogen) atoms. The number of nitrogens with zero attached hydrogens (tertiary/aromatic N) is 4. The molecule has 0 saturated carbocycles. The highest BCUT2D eigenvalue weighted by molar-refractivity contribution is 9.10. The zero-order valence-corrected chi connectivity index (χ0v) is 18.7. The van der Waals surface area contributed by atoms with E-state index in [9.17, 15) is 18.4 Å². The Morgan fingerprint density at radius 3 is 2.69 bits per heavy atom. The highest BCUT2D eigenvalue weighted by Gasteiger charge is 2.17. The Labute approximate surface area is 189 Å². The minimum atomic E-state index is -0.766. The highest BCUT2D eigenvalue weighted by atomic mass is 79.9. The Bertz CT molecular complexity index is 1230. The molecule has 0 spiro atoms. The van der Waals surface area contributed by atoms with Gasteiger partial charge < -0.3 is 15.8 Å². The molecule has 0 unspecified atom stereocenters. The smallest absolute Gasteiger partial charge is 0.272 e. The Kier molecular flexibility index (Phi) is 7.26. The Balaban J connectivity index is 1.88. The number of ether oxygens (including phenoxy) is 1. The molecule has 1 aromatic carbocycles. The van der Waals surface area contributed by atoms with Crippen molar-refractivity contribution in [2.45, 2.75) is 27.0 Å². The molecule has 0 saturated heterocycles. The molecule has 3 rings (SSSR count). The maximum Gasteiger partial charge on any atom is 0.272 e. The summed E-state index contributed by atoms with van der Waals surface area (Å²) in [6.45, 7) is 2.79. The predicted octanol–water partition coefficient (Wildman–Crippen LogP) is 2.22. The molecule has 0 aliphatic heterocycles. The zero-order valence-electron chi connectivity index (χ0n) is 17.2. The third kappa shape index (κ3) is 5.32. The van der Waals surface area contributed by atoms with Crippen molar-refractivity contribution in [2.24, 2.45) is 5.73 Å². The number of hydrogen-bond acceptors (Lipinski definition) is 7. The van der Waals surface area contributed by atoms with Gasteiger partial charge in [-0.15, -0.1) is 0 Å². The van der Waals surface area contributed by atoms with Crippen molar-refractivity contribution in [1.29, 1.82) is 0 Å². The SMILES string of the molecule is Cc1ncc(Cn2c(C)nc(OCc3ccc(F)cc3F)c(Br)c2=O)c(NC(=O)CN)n1. The lowest BCUT2D eigenvalue weighted by Gasteiger charge is -2.15. The van der Waals surface area contributed by atoms with Crippen LogP contribution in [0.3, 0.4) is 0 Å². The molecule has 0 atom stereocenters. The van der Waals surface area contributed by atoms with Gasteiger partial charge in [0, 0.05) is 23.4 Å². The number of aromatic nitrogens is 4. The molecule has 0 bridgehead atoms. The molecule has 3 aromatic rings. The van der Waals surface area contributed by atoms with Crippen LogP contribution in [0.2, 0.25) is 0 Å². The summed E-state index contributed by atoms with van der Waals surface area (Å²) in [7, 11) is 0. The third-order valence-corrected chi connectivity index (χ3v) is 5.09. The molecule has 3 N–H and O–H groups in total. The summed E-state index contributed by atoms with van der Waals surface area (Å²) in [6.07, 6.45) is 1.50. The van der Waals surface area contributed by atoms with E-state index in [0.717, 1.165) is 12.1 Å². The van der Waals surface area contributed by atoms with E-state index in [1.807, 2.05) is 0 Å². The maximum absolute atomic E-state index is 13.8. The normalized spacial score (nSPS) is 10.8. The van der Waals surface area contributed by atoms with Crippen LogP contribution in [0.1, 0.15) is 22.8 Å². The van der Waals surface area contributed by atoms with E-state index in [1.165, 1.54) is 16.8 Å². The molecule has 0 aliphatic rings. The Morgan fingerprint density at radius 2 is 2.00 bits per heavy atom. The van der Waals surface area contributed by atoms with Gasteiger partial charge in [0.05, 0.1) is 13.1 Å². The second kappa shape index (κ2) is 9.92. The summed E-state index contributed by atoms with van der Waals surface area (Å²) in [4.78, 5) is 37.2. The van der Waals surface area contributed by atoms with Crippen molar-refractivity contribution >= 4 is 27.7 Å². The van der Waals surface area contributed by atoms with Crippen molar-refractivity contribution in [3.05, 3.63) is 73.6 Å². The largest absolute Gasteiger partial charge is 0.472 e. The molecule has 2 aromatic heterocycles. The number of carbonyl (C=O) groups is 1. The number of anilines is 1. The minimum absolute atomic E-state index is 0.0175. The topological polar surface area (TPSA) is 125 Å². The standard InChI is InChI=1S/C20H19BrF2N6O3/c1-10-25-7-13(18(26-10)28-16(30)6-24)8-29-11(2)27-19(17(21)20(29)31)32-9-12-3-4-14(22)5-15(12)23/h3-5,7H,6,8-9,24H2,1-2H3,(H,25,26,28,30). The quantitative estimate of drug-likeness (QED) is 0.501. The molecule has 0 radical (unpaired) electrons. The van der Waals surface area contributed by atoms with Gasteiger partial charge in [-0.2, -0.15) is 4.98 Å². The van der Waals surface area contributed by atoms with Gasteiger partial charge in [0.2, 0.25) is 11.8 Å². The molecular formula is C20H19BrF2N6O3. The summed E-state index contributed by atoms with van der Waals surface area (Å²) in [6, 6.07) is 3.11. The van der Waals surface area contributed by atoms with E-state index in [0.29, 0.717) is 17.2 Å². The zero-order chi connectivity index (χ0) is 23.4. The van der Waals surface area contributed by atoms with Gasteiger partial charge >= 0.3 is 0 Å². The number of nitrogens with one attached hydrogen (secondary N) is 1. The molecule has 0 aliphatic carbocycles. The van der Waals surface area contributed by atoms with Crippen LogP contribution in [-0.2, 0) is 17.9 Å². The Hall–Kier alpha value is -3.25. The fourth-order valence-electron chi connectivity index (χ4n) is 2.75. The van der Waals surface area contributed by atoms with Gasteiger partial charge in [-0.3, -0.25) is 14.2 Å². The number of amides is 1. The Morgan fingerprint density at radius 1 is 1.25 bits per heavy atom. The second-order valence-corrected chi connectivity index (χ2v) is 7.53. The van der Waals surface area contributed by atoms with Gasteiger partial charge in [-0.05, 0) is 41.9 Å². The van der Waals surface area contributed by atoms with Crippen LogP contribution < -0.4 is 21.3 Å². The fraction of sp³-hybridized carbons (Fsp3) is 0.250. The fourth-order valence-corrected chi connectivity index (χ4v) is 3.17. The molecule has 12 heteroatoms. The first-order valence-corrected chi connectivity index (χ1v) is 10.1. The monoisotopic (exact) mass is 508 g/mol. The van der Waals surface area contributed by atoms with Gasteiger partial charge in [-0.25, -0.2) is 18.7 Å². The van der Waals surface area contributed by atoms with Crippen LogP contribution in [0.5, 0.6) is 5.88 Å². The lowest BCUT2D eigenvalue weighted by molar-refractivity contribution is -0.114. The number of carbonyl (C=O) groups excluding carboxylic acids is 1. The molecule has 9 nitrogen and oxygen atoms in total. The first-order chi connectivity index (χ1) is 15.2. The predicted molar refractivity (Wildman–Crippen MR) is 115 cm³/mol. The minimum Gasteiger partial charge on any atom is -0.472 e. The number of rotatable bonds is 7. The van der Waals surface area contributed by atoms with Crippen LogP contribution in [-0.4, -0.2) is 32.0 Å². The summed E-state index contributed by atoms with van der Waals surface area (Å²) >= 11 is 3.17. The molecule has 0 fully saturated rings. The van der Waals surface area contributed by atoms with Crippen LogP contribution in [0, 0.1) is 25.5 Å². The van der Waals surface area contributed by atoms with Crippen LogP contribution in [0.4, 0.5) is 14.6 Å². The lowest BCUT2D eigenvalue weighted by Crippen LogP contribution is -2.28. The maximum atomic E-state index is 13.8. The summed E-state index contributed by atoms with van der Waals surface area (Å²) in [5.74, 6) is -0.981. The van der Waals surface area contributed by atoms with E-state index in [2.05, 4.69) is 36.2 Å². The lowest BCUT2D eigenvalue weighted by atomic mass is 10.2. The van der Waals surface area contributed by atoms with E-state index < -0.39 is 23.1 Å². The first kappa shape index (κ1) is 23.4. The number of halogens is 3. The first-order valence-electron chi connectivity index (χ1n) is 9.35. The van der Waals surface area contributed by atoms with E-state index in [1.54, 1.807) is 13.8 Å². The van der Waals surface area contributed by atoms with E-state index in [-0.39, 0.29) is 41.4 Å².